The van der Waals surface area contributed by atoms with Crippen LogP contribution in [0, 0.1) is 0 Å². The molecule has 0 saturated heterocycles. The van der Waals surface area contributed by atoms with Crippen LogP contribution in [0.2, 0.25) is 0 Å². The highest BCUT2D eigenvalue weighted by Gasteiger charge is 2.14. The standard InChI is InChI=1S/C16H20O4/c1-4-14(20-15(17)12(2)3)10-11-19-16(18)13-8-6-5-7-9-13/h5-9,14H,2,4,10-11H2,1,3H3. The predicted molar refractivity (Wildman–Crippen MR) is 76.3 cm³/mol. The van der Waals surface area contributed by atoms with E-state index in [-0.39, 0.29) is 18.7 Å². The molecule has 0 aliphatic rings. The highest BCUT2D eigenvalue weighted by molar-refractivity contribution is 5.89. The van der Waals surface area contributed by atoms with Gasteiger partial charge in [-0.1, -0.05) is 31.7 Å². The maximum atomic E-state index is 11.7. The quantitative estimate of drug-likeness (QED) is 0.567. The van der Waals surface area contributed by atoms with Gasteiger partial charge in [0.2, 0.25) is 0 Å². The Balaban J connectivity index is 2.36. The monoisotopic (exact) mass is 276 g/mol. The van der Waals surface area contributed by atoms with Gasteiger partial charge in [-0.2, -0.15) is 0 Å². The maximum Gasteiger partial charge on any atom is 0.338 e. The second-order valence-corrected chi connectivity index (χ2v) is 4.51. The Bertz CT molecular complexity index is 465. The van der Waals surface area contributed by atoms with E-state index in [1.54, 1.807) is 31.2 Å². The largest absolute Gasteiger partial charge is 0.462 e. The van der Waals surface area contributed by atoms with E-state index >= 15 is 0 Å². The molecule has 4 nitrogen and oxygen atoms in total. The number of carbonyl (C=O) groups is 2. The van der Waals surface area contributed by atoms with Gasteiger partial charge in [-0.15, -0.1) is 0 Å². The van der Waals surface area contributed by atoms with Gasteiger partial charge >= 0.3 is 11.9 Å². The second-order valence-electron chi connectivity index (χ2n) is 4.51. The molecular formula is C16H20O4. The molecule has 0 N–H and O–H groups in total. The van der Waals surface area contributed by atoms with Crippen molar-refractivity contribution in [1.82, 2.24) is 0 Å². The zero-order chi connectivity index (χ0) is 15.0. The van der Waals surface area contributed by atoms with Gasteiger partial charge in [0, 0.05) is 12.0 Å². The number of ether oxygens (including phenoxy) is 2. The van der Waals surface area contributed by atoms with Gasteiger partial charge in [0.1, 0.15) is 6.10 Å². The molecule has 0 radical (unpaired) electrons. The van der Waals surface area contributed by atoms with Crippen LogP contribution in [-0.2, 0) is 14.3 Å². The van der Waals surface area contributed by atoms with Crippen molar-refractivity contribution in [3.8, 4) is 0 Å². The van der Waals surface area contributed by atoms with Crippen LogP contribution in [0.15, 0.2) is 42.5 Å². The van der Waals surface area contributed by atoms with Crippen molar-refractivity contribution in [2.75, 3.05) is 6.61 Å². The lowest BCUT2D eigenvalue weighted by atomic mass is 10.2. The lowest BCUT2D eigenvalue weighted by Crippen LogP contribution is -2.20. The third kappa shape index (κ3) is 5.26. The van der Waals surface area contributed by atoms with E-state index in [4.69, 9.17) is 9.47 Å². The number of benzene rings is 1. The molecule has 20 heavy (non-hydrogen) atoms. The Labute approximate surface area is 119 Å². The Morgan fingerprint density at radius 3 is 2.45 bits per heavy atom. The van der Waals surface area contributed by atoms with E-state index < -0.39 is 5.97 Å². The SMILES string of the molecule is C=C(C)C(=O)OC(CC)CCOC(=O)c1ccccc1. The third-order valence-electron chi connectivity index (χ3n) is 2.76. The van der Waals surface area contributed by atoms with Crippen LogP contribution in [0.1, 0.15) is 37.0 Å². The molecule has 0 saturated carbocycles. The predicted octanol–water partition coefficient (Wildman–Crippen LogP) is 3.13. The summed E-state index contributed by atoms with van der Waals surface area (Å²) in [4.78, 5) is 23.1. The minimum Gasteiger partial charge on any atom is -0.462 e. The number of hydrogen-bond donors (Lipinski definition) is 0. The van der Waals surface area contributed by atoms with Crippen LogP contribution in [0.5, 0.6) is 0 Å². The summed E-state index contributed by atoms with van der Waals surface area (Å²) in [5.74, 6) is -0.780. The van der Waals surface area contributed by atoms with Crippen molar-refractivity contribution in [2.24, 2.45) is 0 Å². The van der Waals surface area contributed by atoms with Crippen LogP contribution in [-0.4, -0.2) is 24.6 Å². The first-order valence-corrected chi connectivity index (χ1v) is 6.63. The van der Waals surface area contributed by atoms with E-state index in [0.29, 0.717) is 24.0 Å². The van der Waals surface area contributed by atoms with Crippen LogP contribution in [0.25, 0.3) is 0 Å². The summed E-state index contributed by atoms with van der Waals surface area (Å²) < 4.78 is 10.4. The van der Waals surface area contributed by atoms with Crippen molar-refractivity contribution in [2.45, 2.75) is 32.8 Å². The van der Waals surface area contributed by atoms with Crippen molar-refractivity contribution >= 4 is 11.9 Å². The lowest BCUT2D eigenvalue weighted by molar-refractivity contribution is -0.145. The summed E-state index contributed by atoms with van der Waals surface area (Å²) in [6.45, 7) is 7.26. The fourth-order valence-corrected chi connectivity index (χ4v) is 1.54. The van der Waals surface area contributed by atoms with E-state index in [2.05, 4.69) is 6.58 Å². The first-order valence-electron chi connectivity index (χ1n) is 6.63. The van der Waals surface area contributed by atoms with Crippen molar-refractivity contribution in [3.05, 3.63) is 48.0 Å². The zero-order valence-corrected chi connectivity index (χ0v) is 11.9. The Hall–Kier alpha value is -2.10. The fourth-order valence-electron chi connectivity index (χ4n) is 1.54. The summed E-state index contributed by atoms with van der Waals surface area (Å²) in [6, 6.07) is 8.78. The summed E-state index contributed by atoms with van der Waals surface area (Å²) in [6.07, 6.45) is 0.887. The highest BCUT2D eigenvalue weighted by atomic mass is 16.6. The fraction of sp³-hybridized carbons (Fsp3) is 0.375. The summed E-state index contributed by atoms with van der Waals surface area (Å²) in [7, 11) is 0. The first-order chi connectivity index (χ1) is 9.54. The minimum atomic E-state index is -0.411. The lowest BCUT2D eigenvalue weighted by Gasteiger charge is -2.16. The zero-order valence-electron chi connectivity index (χ0n) is 11.9. The molecular weight excluding hydrogens is 256 g/mol. The molecule has 108 valence electrons. The summed E-state index contributed by atoms with van der Waals surface area (Å²) in [5.41, 5.74) is 0.879. The van der Waals surface area contributed by atoms with Gasteiger partial charge in [0.05, 0.1) is 12.2 Å². The maximum absolute atomic E-state index is 11.7. The molecule has 0 aromatic heterocycles. The molecule has 0 aliphatic carbocycles. The van der Waals surface area contributed by atoms with Crippen molar-refractivity contribution in [1.29, 1.82) is 0 Å². The topological polar surface area (TPSA) is 52.6 Å². The van der Waals surface area contributed by atoms with Gasteiger partial charge in [-0.3, -0.25) is 0 Å². The van der Waals surface area contributed by atoms with Gasteiger partial charge < -0.3 is 9.47 Å². The normalized spacial score (nSPS) is 11.5. The van der Waals surface area contributed by atoms with Crippen molar-refractivity contribution in [3.63, 3.8) is 0 Å². The summed E-state index contributed by atoms with van der Waals surface area (Å²) in [5, 5.41) is 0. The molecule has 0 fully saturated rings. The van der Waals surface area contributed by atoms with Gasteiger partial charge in [-0.25, -0.2) is 9.59 Å². The Kier molecular flexibility index (Phi) is 6.50. The van der Waals surface area contributed by atoms with E-state index in [0.717, 1.165) is 0 Å². The molecule has 1 atom stereocenters. The smallest absolute Gasteiger partial charge is 0.338 e. The Morgan fingerprint density at radius 2 is 1.90 bits per heavy atom. The molecule has 1 rings (SSSR count). The van der Waals surface area contributed by atoms with E-state index in [1.807, 2.05) is 13.0 Å². The van der Waals surface area contributed by atoms with Crippen LogP contribution < -0.4 is 0 Å². The van der Waals surface area contributed by atoms with Gasteiger partial charge in [0.15, 0.2) is 0 Å². The second kappa shape index (κ2) is 8.15. The van der Waals surface area contributed by atoms with Gasteiger partial charge in [0.25, 0.3) is 0 Å². The molecule has 1 aromatic carbocycles. The molecule has 0 bridgehead atoms. The Morgan fingerprint density at radius 1 is 1.25 bits per heavy atom. The third-order valence-corrected chi connectivity index (χ3v) is 2.76. The van der Waals surface area contributed by atoms with Crippen molar-refractivity contribution < 1.29 is 19.1 Å². The molecule has 1 unspecified atom stereocenters. The highest BCUT2D eigenvalue weighted by Crippen LogP contribution is 2.08. The number of hydrogen-bond acceptors (Lipinski definition) is 4. The van der Waals surface area contributed by atoms with Crippen LogP contribution >= 0.6 is 0 Å². The first kappa shape index (κ1) is 16.0. The average Bonchev–Trinajstić information content (AvgIpc) is 2.46. The molecule has 1 aromatic rings. The molecule has 0 spiro atoms. The minimum absolute atomic E-state index is 0.218. The average molecular weight is 276 g/mol. The number of carbonyl (C=O) groups excluding carboxylic acids is 2. The van der Waals surface area contributed by atoms with Gasteiger partial charge in [-0.05, 0) is 25.5 Å². The number of esters is 2. The molecule has 4 heteroatoms. The molecule has 0 aliphatic heterocycles. The molecule has 0 amide bonds. The molecule has 0 heterocycles. The van der Waals surface area contributed by atoms with Crippen LogP contribution in [0.4, 0.5) is 0 Å². The number of rotatable bonds is 7. The van der Waals surface area contributed by atoms with E-state index in [1.165, 1.54) is 0 Å². The van der Waals surface area contributed by atoms with E-state index in [9.17, 15) is 9.59 Å². The van der Waals surface area contributed by atoms with Crippen LogP contribution in [0.3, 0.4) is 0 Å². The summed E-state index contributed by atoms with van der Waals surface area (Å²) >= 11 is 0.